The standard InChI is InChI=1S/C27H28O/c1-4-15-22(3)26(5-2)28-27(23-16-9-6-10-17-23,24-18-11-7-12-19-24)25-20-13-8-14-21-25/h2,6-14,16-22,26H,4,15H2,1,3H3. The molecular weight excluding hydrogens is 340 g/mol. The van der Waals surface area contributed by atoms with Crippen LogP contribution in [0.2, 0.25) is 0 Å². The second-order valence-corrected chi connectivity index (χ2v) is 7.25. The van der Waals surface area contributed by atoms with Crippen molar-refractivity contribution in [3.63, 3.8) is 0 Å². The minimum Gasteiger partial charge on any atom is -0.345 e. The van der Waals surface area contributed by atoms with Gasteiger partial charge in [0.25, 0.3) is 0 Å². The lowest BCUT2D eigenvalue weighted by atomic mass is 9.79. The van der Waals surface area contributed by atoms with E-state index in [1.807, 2.05) is 18.2 Å². The highest BCUT2D eigenvalue weighted by Crippen LogP contribution is 2.42. The van der Waals surface area contributed by atoms with Gasteiger partial charge in [-0.15, -0.1) is 6.42 Å². The van der Waals surface area contributed by atoms with Gasteiger partial charge >= 0.3 is 0 Å². The minimum absolute atomic E-state index is 0.269. The lowest BCUT2D eigenvalue weighted by Crippen LogP contribution is -2.38. The van der Waals surface area contributed by atoms with Crippen molar-refractivity contribution in [2.45, 2.75) is 38.4 Å². The summed E-state index contributed by atoms with van der Waals surface area (Å²) in [5.41, 5.74) is 2.48. The summed E-state index contributed by atoms with van der Waals surface area (Å²) in [4.78, 5) is 0. The van der Waals surface area contributed by atoms with E-state index in [1.165, 1.54) is 0 Å². The number of rotatable bonds is 8. The van der Waals surface area contributed by atoms with E-state index in [0.717, 1.165) is 29.5 Å². The lowest BCUT2D eigenvalue weighted by molar-refractivity contribution is -0.0436. The van der Waals surface area contributed by atoms with Crippen LogP contribution in [0, 0.1) is 18.3 Å². The molecule has 0 radical (unpaired) electrons. The molecule has 3 rings (SSSR count). The Bertz CT molecular complexity index is 781. The third kappa shape index (κ3) is 4.03. The maximum absolute atomic E-state index is 6.92. The van der Waals surface area contributed by atoms with Crippen LogP contribution < -0.4 is 0 Å². The highest BCUT2D eigenvalue weighted by Gasteiger charge is 2.40. The van der Waals surface area contributed by atoms with Gasteiger partial charge in [-0.05, 0) is 29.0 Å². The molecule has 1 nitrogen and oxygen atoms in total. The molecule has 0 aromatic heterocycles. The zero-order valence-corrected chi connectivity index (χ0v) is 16.7. The average Bonchev–Trinajstić information content (AvgIpc) is 2.77. The molecule has 28 heavy (non-hydrogen) atoms. The molecule has 0 fully saturated rings. The van der Waals surface area contributed by atoms with E-state index >= 15 is 0 Å². The molecule has 0 N–H and O–H groups in total. The molecule has 0 aliphatic carbocycles. The largest absolute Gasteiger partial charge is 0.345 e. The molecule has 3 aromatic rings. The summed E-state index contributed by atoms with van der Waals surface area (Å²) in [5, 5.41) is 0. The van der Waals surface area contributed by atoms with Crippen molar-refractivity contribution in [1.82, 2.24) is 0 Å². The molecule has 2 unspecified atom stereocenters. The van der Waals surface area contributed by atoms with E-state index in [0.29, 0.717) is 0 Å². The second kappa shape index (κ2) is 9.40. The van der Waals surface area contributed by atoms with Crippen molar-refractivity contribution < 1.29 is 4.74 Å². The van der Waals surface area contributed by atoms with Gasteiger partial charge in [0.2, 0.25) is 0 Å². The molecule has 142 valence electrons. The van der Waals surface area contributed by atoms with Crippen molar-refractivity contribution >= 4 is 0 Å². The zero-order valence-electron chi connectivity index (χ0n) is 16.7. The van der Waals surface area contributed by atoms with Crippen LogP contribution in [0.5, 0.6) is 0 Å². The molecule has 0 saturated heterocycles. The van der Waals surface area contributed by atoms with E-state index < -0.39 is 5.60 Å². The molecule has 0 amide bonds. The Hall–Kier alpha value is -2.82. The Morgan fingerprint density at radius 3 is 1.50 bits per heavy atom. The third-order valence-electron chi connectivity index (χ3n) is 5.27. The van der Waals surface area contributed by atoms with E-state index in [1.54, 1.807) is 0 Å². The smallest absolute Gasteiger partial charge is 0.145 e. The molecular formula is C27H28O. The van der Waals surface area contributed by atoms with E-state index in [-0.39, 0.29) is 12.0 Å². The quantitative estimate of drug-likeness (QED) is 0.329. The summed E-state index contributed by atoms with van der Waals surface area (Å²) in [6.07, 6.45) is 7.79. The number of benzene rings is 3. The maximum atomic E-state index is 6.92. The number of hydrogen-bond acceptors (Lipinski definition) is 1. The highest BCUT2D eigenvalue weighted by atomic mass is 16.5. The van der Waals surface area contributed by atoms with Gasteiger partial charge in [0.05, 0.1) is 0 Å². The summed E-state index contributed by atoms with van der Waals surface area (Å²) in [5.74, 6) is 3.20. The Morgan fingerprint density at radius 2 is 1.18 bits per heavy atom. The Labute approximate surface area is 169 Å². The number of ether oxygens (including phenoxy) is 1. The molecule has 2 atom stereocenters. The molecule has 0 aliphatic rings. The average molecular weight is 369 g/mol. The number of terminal acetylenes is 1. The summed E-state index contributed by atoms with van der Waals surface area (Å²) in [6, 6.07) is 31.2. The minimum atomic E-state index is -0.761. The van der Waals surface area contributed by atoms with Crippen molar-refractivity contribution in [2.75, 3.05) is 0 Å². The van der Waals surface area contributed by atoms with Crippen LogP contribution in [0.4, 0.5) is 0 Å². The van der Waals surface area contributed by atoms with Crippen LogP contribution >= 0.6 is 0 Å². The summed E-state index contributed by atoms with van der Waals surface area (Å²) >= 11 is 0. The van der Waals surface area contributed by atoms with Gasteiger partial charge < -0.3 is 4.74 Å². The van der Waals surface area contributed by atoms with Crippen molar-refractivity contribution in [2.24, 2.45) is 5.92 Å². The molecule has 0 heterocycles. The fourth-order valence-corrected chi connectivity index (χ4v) is 3.83. The predicted octanol–water partition coefficient (Wildman–Crippen LogP) is 6.43. The van der Waals surface area contributed by atoms with Gasteiger partial charge in [-0.2, -0.15) is 0 Å². The van der Waals surface area contributed by atoms with Crippen LogP contribution in [-0.4, -0.2) is 6.10 Å². The van der Waals surface area contributed by atoms with E-state index in [4.69, 9.17) is 11.2 Å². The molecule has 0 aliphatic heterocycles. The van der Waals surface area contributed by atoms with Crippen LogP contribution in [0.1, 0.15) is 43.4 Å². The first-order chi connectivity index (χ1) is 13.7. The van der Waals surface area contributed by atoms with Gasteiger partial charge in [0, 0.05) is 0 Å². The molecule has 1 heteroatoms. The molecule has 0 spiro atoms. The van der Waals surface area contributed by atoms with Crippen LogP contribution in [0.15, 0.2) is 91.0 Å². The first-order valence-corrected chi connectivity index (χ1v) is 10.0. The SMILES string of the molecule is C#CC(OC(c1ccccc1)(c1ccccc1)c1ccccc1)C(C)CCC. The zero-order chi connectivity index (χ0) is 19.8. The predicted molar refractivity (Wildman–Crippen MR) is 117 cm³/mol. The van der Waals surface area contributed by atoms with Gasteiger partial charge in [0.15, 0.2) is 0 Å². The first kappa shape index (κ1) is 19.9. The van der Waals surface area contributed by atoms with Gasteiger partial charge in [0.1, 0.15) is 11.7 Å². The fourth-order valence-electron chi connectivity index (χ4n) is 3.83. The highest BCUT2D eigenvalue weighted by molar-refractivity contribution is 5.47. The Kier molecular flexibility index (Phi) is 6.69. The Morgan fingerprint density at radius 1 is 0.786 bits per heavy atom. The van der Waals surface area contributed by atoms with Crippen molar-refractivity contribution in [1.29, 1.82) is 0 Å². The van der Waals surface area contributed by atoms with Crippen LogP contribution in [0.3, 0.4) is 0 Å². The second-order valence-electron chi connectivity index (χ2n) is 7.25. The third-order valence-corrected chi connectivity index (χ3v) is 5.27. The summed E-state index contributed by atoms with van der Waals surface area (Å²) < 4.78 is 6.92. The van der Waals surface area contributed by atoms with Crippen LogP contribution in [-0.2, 0) is 10.3 Å². The Balaban J connectivity index is 2.24. The number of hydrogen-bond donors (Lipinski definition) is 0. The van der Waals surface area contributed by atoms with E-state index in [9.17, 15) is 0 Å². The maximum Gasteiger partial charge on any atom is 0.145 e. The van der Waals surface area contributed by atoms with E-state index in [2.05, 4.69) is 92.6 Å². The van der Waals surface area contributed by atoms with Gasteiger partial charge in [-0.3, -0.25) is 0 Å². The molecule has 3 aromatic carbocycles. The summed E-state index contributed by atoms with van der Waals surface area (Å²) in [7, 11) is 0. The van der Waals surface area contributed by atoms with Gasteiger partial charge in [-0.25, -0.2) is 0 Å². The van der Waals surface area contributed by atoms with Crippen molar-refractivity contribution in [3.8, 4) is 12.3 Å². The topological polar surface area (TPSA) is 9.23 Å². The molecule has 0 bridgehead atoms. The van der Waals surface area contributed by atoms with Gasteiger partial charge in [-0.1, -0.05) is 117 Å². The van der Waals surface area contributed by atoms with Crippen LogP contribution in [0.25, 0.3) is 0 Å². The summed E-state index contributed by atoms with van der Waals surface area (Å²) in [6.45, 7) is 4.36. The lowest BCUT2D eigenvalue weighted by Gasteiger charge is -2.39. The normalized spacial score (nSPS) is 13.5. The monoisotopic (exact) mass is 368 g/mol. The first-order valence-electron chi connectivity index (χ1n) is 10.0. The fraction of sp³-hybridized carbons (Fsp3) is 0.259. The molecule has 0 saturated carbocycles. The van der Waals surface area contributed by atoms with Crippen molar-refractivity contribution in [3.05, 3.63) is 108 Å².